The summed E-state index contributed by atoms with van der Waals surface area (Å²) in [5.74, 6) is 0.139. The van der Waals surface area contributed by atoms with Gasteiger partial charge in [0.05, 0.1) is 29.5 Å². The van der Waals surface area contributed by atoms with E-state index in [1.165, 1.54) is 37.0 Å². The Morgan fingerprint density at radius 2 is 2.13 bits per heavy atom. The zero-order valence-corrected chi connectivity index (χ0v) is 23.5. The van der Waals surface area contributed by atoms with E-state index in [1.807, 2.05) is 18.5 Å². The number of thiazole rings is 1. The topological polar surface area (TPSA) is 88.1 Å². The number of carbonyl (C=O) groups excluding carboxylic acids is 1. The van der Waals surface area contributed by atoms with Crippen LogP contribution < -0.4 is 10.6 Å². The van der Waals surface area contributed by atoms with E-state index in [2.05, 4.69) is 44.6 Å². The van der Waals surface area contributed by atoms with Gasteiger partial charge in [-0.25, -0.2) is 4.98 Å². The fraction of sp³-hybridized carbons (Fsp3) is 0.621. The smallest absolute Gasteiger partial charge is 0.229 e. The first kappa shape index (κ1) is 27.2. The maximum absolute atomic E-state index is 12.9. The zero-order valence-electron chi connectivity index (χ0n) is 22.7. The second-order valence-corrected chi connectivity index (χ2v) is 11.8. The van der Waals surface area contributed by atoms with E-state index in [0.29, 0.717) is 29.9 Å². The molecule has 206 valence electrons. The van der Waals surface area contributed by atoms with E-state index in [1.54, 1.807) is 7.05 Å². The van der Waals surface area contributed by atoms with Gasteiger partial charge >= 0.3 is 0 Å². The zero-order chi connectivity index (χ0) is 26.3. The number of ether oxygens (including phenoxy) is 2. The molecule has 38 heavy (non-hydrogen) atoms. The number of aliphatic imine (C=N–C) groups is 1. The molecule has 1 aliphatic heterocycles. The van der Waals surface area contributed by atoms with E-state index in [-0.39, 0.29) is 11.8 Å². The van der Waals surface area contributed by atoms with Gasteiger partial charge in [-0.1, -0.05) is 30.2 Å². The summed E-state index contributed by atoms with van der Waals surface area (Å²) in [5, 5.41) is 7.12. The van der Waals surface area contributed by atoms with Gasteiger partial charge in [0, 0.05) is 62.7 Å². The molecule has 2 aromatic rings. The van der Waals surface area contributed by atoms with Crippen molar-refractivity contribution in [2.75, 3.05) is 45.3 Å². The van der Waals surface area contributed by atoms with Crippen LogP contribution in [0, 0.1) is 5.92 Å². The summed E-state index contributed by atoms with van der Waals surface area (Å²) in [5.41, 5.74) is 2.96. The van der Waals surface area contributed by atoms with Gasteiger partial charge < -0.3 is 20.1 Å². The van der Waals surface area contributed by atoms with Crippen molar-refractivity contribution >= 4 is 44.4 Å². The largest absolute Gasteiger partial charge is 0.388 e. The lowest BCUT2D eigenvalue weighted by atomic mass is 9.78. The summed E-state index contributed by atoms with van der Waals surface area (Å²) in [4.78, 5) is 24.4. The van der Waals surface area contributed by atoms with Crippen LogP contribution in [0.1, 0.15) is 57.4 Å². The fourth-order valence-corrected chi connectivity index (χ4v) is 6.66. The van der Waals surface area contributed by atoms with Crippen molar-refractivity contribution in [1.82, 2.24) is 15.2 Å². The summed E-state index contributed by atoms with van der Waals surface area (Å²) in [6, 6.07) is 7.09. The Labute approximate surface area is 229 Å². The van der Waals surface area contributed by atoms with Gasteiger partial charge in [0.25, 0.3) is 0 Å². The van der Waals surface area contributed by atoms with Crippen molar-refractivity contribution in [3.05, 3.63) is 30.0 Å². The minimum absolute atomic E-state index is 0.0537. The molecule has 2 aliphatic carbocycles. The molecule has 1 aromatic heterocycles. The van der Waals surface area contributed by atoms with E-state index in [4.69, 9.17) is 9.47 Å². The number of hydrogen-bond donors (Lipinski definition) is 2. The molecule has 2 heterocycles. The second-order valence-electron chi connectivity index (χ2n) is 10.7. The van der Waals surface area contributed by atoms with Gasteiger partial charge in [0.1, 0.15) is 0 Å². The van der Waals surface area contributed by atoms with Crippen LogP contribution in [0.15, 0.2) is 29.4 Å². The van der Waals surface area contributed by atoms with Crippen LogP contribution in [-0.2, 0) is 14.3 Å². The summed E-state index contributed by atoms with van der Waals surface area (Å²) in [6.07, 6.45) is 12.1. The van der Waals surface area contributed by atoms with Crippen LogP contribution in [0.3, 0.4) is 0 Å². The average Bonchev–Trinajstić information content (AvgIpc) is 3.49. The highest BCUT2D eigenvalue weighted by molar-refractivity contribution is 7.22. The molecule has 1 unspecified atom stereocenters. The summed E-state index contributed by atoms with van der Waals surface area (Å²) < 4.78 is 12.7. The number of fused-ring (bicyclic) bond motifs is 1. The second kappa shape index (κ2) is 13.2. The quantitative estimate of drug-likeness (QED) is 0.336. The number of allylic oxidation sites excluding steroid dienone is 1. The predicted octanol–water partition coefficient (Wildman–Crippen LogP) is 4.71. The van der Waals surface area contributed by atoms with Gasteiger partial charge in [-0.3, -0.25) is 14.7 Å². The third-order valence-electron chi connectivity index (χ3n) is 7.96. The van der Waals surface area contributed by atoms with Crippen molar-refractivity contribution in [2.24, 2.45) is 10.9 Å². The Hall–Kier alpha value is -2.33. The summed E-state index contributed by atoms with van der Waals surface area (Å²) in [7, 11) is 1.78. The minimum atomic E-state index is 0.0537. The van der Waals surface area contributed by atoms with Crippen LogP contribution in [-0.4, -0.2) is 80.2 Å². The predicted molar refractivity (Wildman–Crippen MR) is 155 cm³/mol. The number of hydrogen-bond acceptors (Lipinski definition) is 8. The van der Waals surface area contributed by atoms with Gasteiger partial charge in [-0.05, 0) is 56.7 Å². The third kappa shape index (κ3) is 6.81. The maximum atomic E-state index is 12.9. The number of benzene rings is 1. The Balaban J connectivity index is 1.15. The molecule has 1 saturated heterocycles. The third-order valence-corrected chi connectivity index (χ3v) is 8.90. The molecule has 9 heteroatoms. The molecule has 2 saturated carbocycles. The van der Waals surface area contributed by atoms with Crippen molar-refractivity contribution < 1.29 is 14.3 Å². The number of nitrogens with zero attached hydrogens (tertiary/aromatic N) is 3. The molecule has 0 radical (unpaired) electrons. The number of aromatic nitrogens is 1. The molecule has 5 rings (SSSR count). The molecule has 8 nitrogen and oxygen atoms in total. The number of carbonyl (C=O) groups is 1. The first-order valence-corrected chi connectivity index (χ1v) is 14.9. The molecule has 1 amide bonds. The summed E-state index contributed by atoms with van der Waals surface area (Å²) >= 11 is 1.52. The van der Waals surface area contributed by atoms with Gasteiger partial charge in [-0.15, -0.1) is 0 Å². The Morgan fingerprint density at radius 1 is 1.29 bits per heavy atom. The number of rotatable bonds is 10. The van der Waals surface area contributed by atoms with Gasteiger partial charge in [-0.2, -0.15) is 0 Å². The molecule has 3 aliphatic rings. The standard InChI is InChI=1S/C29H41N5O3S/c1-20-19-36-12-5-11-34(20)24-14-22(15-24)28(35)33-29-32-26-9-8-21(16-27(26)38-29)23(17-30-2)18-31-10-13-37-25-6-3-4-7-25/h8-9,16-18,20,22,24-25,31H,3-7,10-15,19H2,1-2H3,(H,32,33,35). The number of nitrogens with one attached hydrogen (secondary N) is 2. The number of amides is 1. The average molecular weight is 540 g/mol. The monoisotopic (exact) mass is 539 g/mol. The lowest BCUT2D eigenvalue weighted by Crippen LogP contribution is -2.52. The molecule has 2 N–H and O–H groups in total. The highest BCUT2D eigenvalue weighted by Crippen LogP contribution is 2.35. The van der Waals surface area contributed by atoms with E-state index in [0.717, 1.165) is 66.9 Å². The van der Waals surface area contributed by atoms with Crippen molar-refractivity contribution in [3.63, 3.8) is 0 Å². The van der Waals surface area contributed by atoms with Crippen LogP contribution in [0.4, 0.5) is 5.13 Å². The summed E-state index contributed by atoms with van der Waals surface area (Å²) in [6.45, 7) is 6.38. The Morgan fingerprint density at radius 3 is 2.95 bits per heavy atom. The van der Waals surface area contributed by atoms with Crippen LogP contribution in [0.2, 0.25) is 0 Å². The normalized spacial score (nSPS) is 25.5. The first-order chi connectivity index (χ1) is 18.6. The Bertz CT molecular complexity index is 1140. The molecular formula is C29H41N5O3S. The van der Waals surface area contributed by atoms with Gasteiger partial charge in [0.15, 0.2) is 5.13 Å². The molecular weight excluding hydrogens is 498 g/mol. The van der Waals surface area contributed by atoms with Crippen molar-refractivity contribution in [3.8, 4) is 0 Å². The fourth-order valence-electron chi connectivity index (χ4n) is 5.76. The SMILES string of the molecule is CN=CC(=CNCCOC1CCCC1)c1ccc2nc(NC(=O)C3CC(N4CCCOCC4C)C3)sc2c1. The van der Waals surface area contributed by atoms with Crippen molar-refractivity contribution in [2.45, 2.75) is 70.1 Å². The van der Waals surface area contributed by atoms with Crippen LogP contribution in [0.5, 0.6) is 0 Å². The maximum Gasteiger partial charge on any atom is 0.229 e. The van der Waals surface area contributed by atoms with Crippen molar-refractivity contribution in [1.29, 1.82) is 0 Å². The molecule has 0 bridgehead atoms. The highest BCUT2D eigenvalue weighted by atomic mass is 32.1. The van der Waals surface area contributed by atoms with E-state index < -0.39 is 0 Å². The van der Waals surface area contributed by atoms with E-state index in [9.17, 15) is 4.79 Å². The highest BCUT2D eigenvalue weighted by Gasteiger charge is 2.40. The molecule has 1 aromatic carbocycles. The molecule has 1 atom stereocenters. The van der Waals surface area contributed by atoms with E-state index >= 15 is 0 Å². The lowest BCUT2D eigenvalue weighted by Gasteiger charge is -2.44. The lowest BCUT2D eigenvalue weighted by molar-refractivity contribution is -0.125. The van der Waals surface area contributed by atoms with Crippen LogP contribution in [0.25, 0.3) is 15.8 Å². The first-order valence-electron chi connectivity index (χ1n) is 14.1. The number of anilines is 1. The minimum Gasteiger partial charge on any atom is -0.388 e. The molecule has 0 spiro atoms. The Kier molecular flexibility index (Phi) is 9.43. The van der Waals surface area contributed by atoms with Crippen LogP contribution >= 0.6 is 11.3 Å². The molecule has 3 fully saturated rings. The van der Waals surface area contributed by atoms with Gasteiger partial charge in [0.2, 0.25) is 5.91 Å².